The highest BCUT2D eigenvalue weighted by Crippen LogP contribution is 2.32. The number of likely N-dealkylation sites (tertiary alicyclic amines) is 2. The summed E-state index contributed by atoms with van der Waals surface area (Å²) in [5.41, 5.74) is 7.07. The molecule has 0 unspecified atom stereocenters. The number of nitrogens with zero attached hydrogens (tertiary/aromatic N) is 7. The molecule has 0 aliphatic carbocycles. The lowest BCUT2D eigenvalue weighted by atomic mass is 9.85. The summed E-state index contributed by atoms with van der Waals surface area (Å²) in [6, 6.07) is 23.9. The zero-order valence-corrected chi connectivity index (χ0v) is 45.7. The molecule has 5 heterocycles. The molecule has 4 amide bonds. The normalized spacial score (nSPS) is 17.9. The van der Waals surface area contributed by atoms with Gasteiger partial charge in [0.25, 0.3) is 5.56 Å². The number of thiazole rings is 1. The Kier molecular flexibility index (Phi) is 17.7. The number of rotatable bonds is 20. The number of β-amino-alcohol motifs (C(OH)–C–C–N with tert-alkyl or cyclic N) is 1. The topological polar surface area (TPSA) is 217 Å². The number of nitrogens with one attached hydrogen (secondary N) is 3. The zero-order valence-electron chi connectivity index (χ0n) is 44.9. The largest absolute Gasteiger partial charge is 0.391 e. The van der Waals surface area contributed by atoms with Crippen molar-refractivity contribution in [1.29, 1.82) is 0 Å². The Balaban J connectivity index is 0.761. The van der Waals surface area contributed by atoms with Gasteiger partial charge in [-0.1, -0.05) is 113 Å². The number of unbranched alkanes of at least 4 members (excludes halogenated alkanes) is 2. The molecule has 76 heavy (non-hydrogen) atoms. The van der Waals surface area contributed by atoms with Crippen LogP contribution >= 0.6 is 11.3 Å². The number of carbonyl (C=O) groups excluding carboxylic acids is 4. The van der Waals surface area contributed by atoms with Crippen molar-refractivity contribution in [2.45, 2.75) is 142 Å². The van der Waals surface area contributed by atoms with E-state index in [1.165, 1.54) is 15.8 Å². The third-order valence-electron chi connectivity index (χ3n) is 15.0. The van der Waals surface area contributed by atoms with Crippen LogP contribution in [0.25, 0.3) is 32.7 Å². The fraction of sp³-hybridized carbons (Fsp3) is 0.483. The van der Waals surface area contributed by atoms with E-state index in [1.807, 2.05) is 131 Å². The van der Waals surface area contributed by atoms with Crippen molar-refractivity contribution < 1.29 is 29.4 Å². The minimum Gasteiger partial charge on any atom is -0.391 e. The molecule has 17 nitrogen and oxygen atoms in total. The van der Waals surface area contributed by atoms with Crippen molar-refractivity contribution in [2.75, 3.05) is 26.2 Å². The molecule has 2 aliphatic heterocycles. The van der Waals surface area contributed by atoms with Crippen LogP contribution in [0.2, 0.25) is 0 Å². The number of piperidine rings is 1. The molecule has 0 spiro atoms. The van der Waals surface area contributed by atoms with Gasteiger partial charge in [0, 0.05) is 58.1 Å². The summed E-state index contributed by atoms with van der Waals surface area (Å²) in [4.78, 5) is 81.4. The molecule has 3 aromatic heterocycles. The minimum absolute atomic E-state index is 0.00692. The van der Waals surface area contributed by atoms with Crippen LogP contribution in [0.5, 0.6) is 0 Å². The zero-order chi connectivity index (χ0) is 54.3. The van der Waals surface area contributed by atoms with E-state index in [1.54, 1.807) is 23.1 Å². The number of carbonyl (C=O) groups is 4. The number of aryl methyl sites for hydroxylation is 2. The molecule has 2 saturated heterocycles. The van der Waals surface area contributed by atoms with Crippen molar-refractivity contribution in [2.24, 2.45) is 12.5 Å². The number of aliphatic hydroxyl groups excluding tert-OH is 1. The quantitative estimate of drug-likeness (QED) is 0.0502. The van der Waals surface area contributed by atoms with Gasteiger partial charge in [-0.15, -0.1) is 11.3 Å². The number of hydrogen-bond donors (Lipinski definition) is 5. The monoisotopic (exact) mass is 1050 g/mol. The molecular weight excluding hydrogens is 981 g/mol. The molecule has 3 aromatic carbocycles. The number of amides is 4. The maximum Gasteiger partial charge on any atom is 0.281 e. The summed E-state index contributed by atoms with van der Waals surface area (Å²) >= 11 is 1.58. The lowest BCUT2D eigenvalue weighted by Crippen LogP contribution is -2.57. The molecular formula is C58H74N10O7S. The van der Waals surface area contributed by atoms with E-state index in [9.17, 15) is 34.2 Å². The van der Waals surface area contributed by atoms with E-state index >= 15 is 0 Å². The van der Waals surface area contributed by atoms with Crippen molar-refractivity contribution >= 4 is 46.0 Å². The van der Waals surface area contributed by atoms with Gasteiger partial charge in [-0.3, -0.25) is 33.2 Å². The molecule has 5 atom stereocenters. The van der Waals surface area contributed by atoms with E-state index in [-0.39, 0.29) is 72.6 Å². The summed E-state index contributed by atoms with van der Waals surface area (Å²) in [7, 11) is 1.79. The summed E-state index contributed by atoms with van der Waals surface area (Å²) in [5, 5.41) is 36.3. The van der Waals surface area contributed by atoms with Crippen LogP contribution in [-0.2, 0) is 39.3 Å². The van der Waals surface area contributed by atoms with Gasteiger partial charge < -0.3 is 36.0 Å². The highest BCUT2D eigenvalue weighted by Gasteiger charge is 2.45. The van der Waals surface area contributed by atoms with Crippen LogP contribution in [0.3, 0.4) is 0 Å². The molecule has 2 fully saturated rings. The van der Waals surface area contributed by atoms with Gasteiger partial charge in [-0.05, 0) is 79.7 Å². The van der Waals surface area contributed by atoms with Crippen molar-refractivity contribution in [3.8, 4) is 21.7 Å². The lowest BCUT2D eigenvalue weighted by Gasteiger charge is -2.38. The molecule has 404 valence electrons. The van der Waals surface area contributed by atoms with Gasteiger partial charge in [0.15, 0.2) is 5.52 Å². The first kappa shape index (κ1) is 55.6. The van der Waals surface area contributed by atoms with Crippen LogP contribution in [0.15, 0.2) is 95.5 Å². The van der Waals surface area contributed by atoms with Crippen molar-refractivity contribution in [3.05, 3.63) is 123 Å². The second-order valence-corrected chi connectivity index (χ2v) is 22.9. The third-order valence-corrected chi connectivity index (χ3v) is 16.0. The predicted octanol–water partition coefficient (Wildman–Crippen LogP) is 6.80. The minimum atomic E-state index is -1.16. The maximum absolute atomic E-state index is 14.2. The fourth-order valence-electron chi connectivity index (χ4n) is 10.4. The van der Waals surface area contributed by atoms with Gasteiger partial charge in [-0.25, -0.2) is 9.97 Å². The molecule has 8 rings (SSSR count). The van der Waals surface area contributed by atoms with Crippen LogP contribution in [0.1, 0.15) is 120 Å². The molecule has 6 aromatic rings. The Bertz CT molecular complexity index is 3030. The summed E-state index contributed by atoms with van der Waals surface area (Å²) in [6.45, 7) is 13.8. The highest BCUT2D eigenvalue weighted by molar-refractivity contribution is 7.13. The second-order valence-electron chi connectivity index (χ2n) is 22.0. The molecule has 18 heteroatoms. The summed E-state index contributed by atoms with van der Waals surface area (Å²) in [6.07, 6.45) is 4.37. The first-order valence-electron chi connectivity index (χ1n) is 26.6. The molecule has 0 saturated carbocycles. The van der Waals surface area contributed by atoms with E-state index in [2.05, 4.69) is 31.0 Å². The summed E-state index contributed by atoms with van der Waals surface area (Å²) < 4.78 is 3.09. The van der Waals surface area contributed by atoms with E-state index in [4.69, 9.17) is 0 Å². The standard InChI is InChI=1S/C58H74N10O7S/c1-37(41-14-10-8-11-15-41)30-48(71)66-28-25-58(75,26-29-66)34-67-35-60-49-50(55(67)73)64-65(7)51(49)43-19-17-40(18-20-43)32-59-27-13-9-12-16-47(70)63-53(57(4,5)6)56(74)68-33-45(69)31-46(68)54(72)62-38(2)42-21-23-44(24-22-42)52-39(3)61-36-76-52/h8,10-11,14-15,17-24,35-38,45-46,53,59,69,75H,9,12-13,16,25-34H2,1-7H3,(H,62,72)(H,63,70)/t37-,38+,45-,46+,53-/m1/s1. The number of hydrogen-bond acceptors (Lipinski definition) is 12. The van der Waals surface area contributed by atoms with E-state index in [0.29, 0.717) is 56.5 Å². The van der Waals surface area contributed by atoms with Gasteiger partial charge >= 0.3 is 0 Å². The average Bonchev–Trinajstić information content (AvgIpc) is 4.12. The molecule has 0 radical (unpaired) electrons. The Labute approximate surface area is 449 Å². The highest BCUT2D eigenvalue weighted by atomic mass is 32.1. The Morgan fingerprint density at radius 1 is 0.868 bits per heavy atom. The van der Waals surface area contributed by atoms with E-state index < -0.39 is 29.2 Å². The number of aromatic nitrogens is 5. The first-order chi connectivity index (χ1) is 36.3. The van der Waals surface area contributed by atoms with Crippen LogP contribution < -0.4 is 21.5 Å². The molecule has 5 N–H and O–H groups in total. The molecule has 0 bridgehead atoms. The van der Waals surface area contributed by atoms with Gasteiger partial charge in [-0.2, -0.15) is 5.10 Å². The molecule has 2 aliphatic rings. The van der Waals surface area contributed by atoms with E-state index in [0.717, 1.165) is 57.8 Å². The Hall–Kier alpha value is -6.60. The van der Waals surface area contributed by atoms with Gasteiger partial charge in [0.1, 0.15) is 17.6 Å². The summed E-state index contributed by atoms with van der Waals surface area (Å²) in [5.74, 6) is -0.819. The van der Waals surface area contributed by atoms with Crippen molar-refractivity contribution in [3.63, 3.8) is 0 Å². The maximum atomic E-state index is 14.2. The van der Waals surface area contributed by atoms with Crippen molar-refractivity contribution in [1.82, 2.24) is 50.1 Å². The number of benzene rings is 3. The van der Waals surface area contributed by atoms with Gasteiger partial charge in [0.05, 0.1) is 52.4 Å². The number of aliphatic hydroxyl groups is 2. The first-order valence-corrected chi connectivity index (χ1v) is 27.5. The third kappa shape index (κ3) is 13.3. The van der Waals surface area contributed by atoms with Crippen LogP contribution in [0, 0.1) is 12.3 Å². The Morgan fingerprint density at radius 2 is 1.57 bits per heavy atom. The van der Waals surface area contributed by atoms with Gasteiger partial charge in [0.2, 0.25) is 23.6 Å². The fourth-order valence-corrected chi connectivity index (χ4v) is 11.3. The van der Waals surface area contributed by atoms with Crippen LogP contribution in [-0.4, -0.2) is 118 Å². The second kappa shape index (κ2) is 24.2. The lowest BCUT2D eigenvalue weighted by molar-refractivity contribution is -0.144. The predicted molar refractivity (Wildman–Crippen MR) is 295 cm³/mol. The SMILES string of the molecule is Cc1ncsc1-c1ccc([C@H](C)NC(=O)[C@@H]2C[C@@H](O)CN2C(=O)[C@@H](NC(=O)CCCCCNCc2ccc(-c3c4ncn(CC5(O)CCN(C(=O)C[C@@H](C)c6ccccc6)CC5)c(=O)c4nn3C)cc2)C(C)(C)C)cc1. The average molecular weight is 1060 g/mol. The van der Waals surface area contributed by atoms with Crippen LogP contribution in [0.4, 0.5) is 0 Å². The number of fused-ring (bicyclic) bond motifs is 1. The smallest absolute Gasteiger partial charge is 0.281 e. The Morgan fingerprint density at radius 3 is 2.24 bits per heavy atom.